The molecule has 1 aliphatic heterocycles. The predicted molar refractivity (Wildman–Crippen MR) is 131 cm³/mol. The molecule has 4 rings (SSSR count). The molecule has 1 N–H and O–H groups in total. The first-order chi connectivity index (χ1) is 14.9. The Balaban J connectivity index is 1.58. The second-order valence-electron chi connectivity index (χ2n) is 8.04. The van der Waals surface area contributed by atoms with Gasteiger partial charge in [0.2, 0.25) is 0 Å². The second kappa shape index (κ2) is 9.81. The van der Waals surface area contributed by atoms with Crippen molar-refractivity contribution in [3.63, 3.8) is 0 Å². The average molecular weight is 476 g/mol. The highest BCUT2D eigenvalue weighted by Crippen LogP contribution is 2.36. The summed E-state index contributed by atoms with van der Waals surface area (Å²) in [5.41, 5.74) is 4.22. The third kappa shape index (κ3) is 5.36. The third-order valence-electron chi connectivity index (χ3n) is 5.82. The fraction of sp³-hybridized carbons (Fsp3) is 0.280. The molecule has 0 bridgehead atoms. The van der Waals surface area contributed by atoms with Crippen molar-refractivity contribution in [1.29, 1.82) is 0 Å². The van der Waals surface area contributed by atoms with Gasteiger partial charge in [-0.25, -0.2) is 0 Å². The van der Waals surface area contributed by atoms with Gasteiger partial charge in [0.15, 0.2) is 0 Å². The number of nitrogens with zero attached hydrogens (tertiary/aromatic N) is 2. The van der Waals surface area contributed by atoms with E-state index in [4.69, 9.17) is 34.8 Å². The number of hydrogen-bond donors (Lipinski definition) is 1. The van der Waals surface area contributed by atoms with Gasteiger partial charge in [-0.3, -0.25) is 4.90 Å². The van der Waals surface area contributed by atoms with E-state index in [1.807, 2.05) is 49.4 Å². The normalized spacial score (nSPS) is 18.2. The average Bonchev–Trinajstić information content (AvgIpc) is 2.75. The maximum Gasteiger partial charge on any atom is 0.0916 e. The number of halogens is 3. The van der Waals surface area contributed by atoms with Crippen LogP contribution < -0.4 is 4.90 Å². The number of aliphatic hydroxyl groups is 1. The molecule has 1 fully saturated rings. The van der Waals surface area contributed by atoms with Crippen LogP contribution in [0.2, 0.25) is 15.1 Å². The van der Waals surface area contributed by atoms with Gasteiger partial charge >= 0.3 is 0 Å². The van der Waals surface area contributed by atoms with Crippen LogP contribution in [0.3, 0.4) is 0 Å². The zero-order chi connectivity index (χ0) is 22.0. The molecular weight excluding hydrogens is 451 g/mol. The molecule has 0 amide bonds. The molecule has 2 atom stereocenters. The van der Waals surface area contributed by atoms with Crippen LogP contribution in [0.4, 0.5) is 5.69 Å². The summed E-state index contributed by atoms with van der Waals surface area (Å²) in [6, 6.07) is 21.7. The van der Waals surface area contributed by atoms with Crippen molar-refractivity contribution in [3.05, 3.63) is 98.5 Å². The zero-order valence-electron chi connectivity index (χ0n) is 17.3. The summed E-state index contributed by atoms with van der Waals surface area (Å²) in [5.74, 6) is 0. The van der Waals surface area contributed by atoms with E-state index in [0.29, 0.717) is 11.6 Å². The quantitative estimate of drug-likeness (QED) is 0.453. The topological polar surface area (TPSA) is 26.7 Å². The Morgan fingerprint density at radius 2 is 1.55 bits per heavy atom. The first-order valence-corrected chi connectivity index (χ1v) is 11.5. The standard InChI is InChI=1S/C25H25Cl3N2O/c1-17-2-11-23(22(28)14-17)30-13-12-29(15-24(30)18-3-7-20(26)8-4-18)16-25(31)19-5-9-21(27)10-6-19/h2-11,14,24-25,31H,12-13,15-16H2,1H3/t24-,25?/m0/s1. The van der Waals surface area contributed by atoms with Gasteiger partial charge in [-0.05, 0) is 60.0 Å². The fourth-order valence-electron chi connectivity index (χ4n) is 4.14. The van der Waals surface area contributed by atoms with E-state index in [0.717, 1.165) is 46.5 Å². The molecule has 0 aliphatic carbocycles. The van der Waals surface area contributed by atoms with Crippen LogP contribution in [-0.2, 0) is 0 Å². The SMILES string of the molecule is Cc1ccc(N2CCN(CC(O)c3ccc(Cl)cc3)C[C@H]2c2ccc(Cl)cc2)c(Cl)c1. The highest BCUT2D eigenvalue weighted by Gasteiger charge is 2.30. The lowest BCUT2D eigenvalue weighted by Gasteiger charge is -2.44. The Morgan fingerprint density at radius 3 is 2.19 bits per heavy atom. The molecule has 6 heteroatoms. The van der Waals surface area contributed by atoms with Crippen molar-refractivity contribution in [2.75, 3.05) is 31.1 Å². The number of rotatable bonds is 5. The van der Waals surface area contributed by atoms with E-state index in [-0.39, 0.29) is 6.04 Å². The smallest absolute Gasteiger partial charge is 0.0916 e. The Morgan fingerprint density at radius 1 is 0.903 bits per heavy atom. The van der Waals surface area contributed by atoms with E-state index in [1.54, 1.807) is 0 Å². The summed E-state index contributed by atoms with van der Waals surface area (Å²) < 4.78 is 0. The lowest BCUT2D eigenvalue weighted by atomic mass is 10.00. The van der Waals surface area contributed by atoms with Gasteiger partial charge in [0.05, 0.1) is 22.9 Å². The maximum absolute atomic E-state index is 10.8. The molecule has 3 aromatic rings. The van der Waals surface area contributed by atoms with Crippen LogP contribution >= 0.6 is 34.8 Å². The molecule has 31 heavy (non-hydrogen) atoms. The van der Waals surface area contributed by atoms with Gasteiger partial charge in [0.25, 0.3) is 0 Å². The maximum atomic E-state index is 10.8. The predicted octanol–water partition coefficient (Wildman–Crippen LogP) is 6.55. The van der Waals surface area contributed by atoms with Crippen LogP contribution in [0.1, 0.15) is 28.8 Å². The number of benzene rings is 3. The van der Waals surface area contributed by atoms with Crippen molar-refractivity contribution in [1.82, 2.24) is 4.90 Å². The summed E-state index contributed by atoms with van der Waals surface area (Å²) >= 11 is 18.7. The van der Waals surface area contributed by atoms with Crippen LogP contribution in [0.25, 0.3) is 0 Å². The molecule has 0 radical (unpaired) electrons. The Bertz CT molecular complexity index is 1020. The van der Waals surface area contributed by atoms with Gasteiger partial charge in [0.1, 0.15) is 0 Å². The molecule has 162 valence electrons. The molecule has 0 aromatic heterocycles. The highest BCUT2D eigenvalue weighted by molar-refractivity contribution is 6.33. The lowest BCUT2D eigenvalue weighted by Crippen LogP contribution is -2.49. The summed E-state index contributed by atoms with van der Waals surface area (Å²) in [7, 11) is 0. The van der Waals surface area contributed by atoms with Gasteiger partial charge < -0.3 is 10.0 Å². The summed E-state index contributed by atoms with van der Waals surface area (Å²) in [5, 5.41) is 12.9. The van der Waals surface area contributed by atoms with Gasteiger partial charge in [-0.15, -0.1) is 0 Å². The Hall–Kier alpha value is -1.75. The second-order valence-corrected chi connectivity index (χ2v) is 9.32. The van der Waals surface area contributed by atoms with E-state index in [2.05, 4.69) is 34.1 Å². The molecule has 1 unspecified atom stereocenters. The first kappa shape index (κ1) is 22.4. The van der Waals surface area contributed by atoms with Crippen LogP contribution in [-0.4, -0.2) is 36.2 Å². The minimum atomic E-state index is -0.572. The summed E-state index contributed by atoms with van der Waals surface area (Å²) in [4.78, 5) is 4.66. The van der Waals surface area contributed by atoms with Crippen molar-refractivity contribution >= 4 is 40.5 Å². The van der Waals surface area contributed by atoms with E-state index in [9.17, 15) is 5.11 Å². The van der Waals surface area contributed by atoms with Crippen molar-refractivity contribution in [3.8, 4) is 0 Å². The number of hydrogen-bond acceptors (Lipinski definition) is 3. The number of aliphatic hydroxyl groups excluding tert-OH is 1. The number of β-amino-alcohol motifs (C(OH)–C–C–N with tert-alkyl or cyclic N) is 1. The summed E-state index contributed by atoms with van der Waals surface area (Å²) in [6.07, 6.45) is -0.572. The van der Waals surface area contributed by atoms with Crippen molar-refractivity contribution in [2.24, 2.45) is 0 Å². The molecule has 0 saturated carbocycles. The van der Waals surface area contributed by atoms with E-state index >= 15 is 0 Å². The third-order valence-corrected chi connectivity index (χ3v) is 6.62. The van der Waals surface area contributed by atoms with Crippen LogP contribution in [0.15, 0.2) is 66.7 Å². The molecule has 3 nitrogen and oxygen atoms in total. The largest absolute Gasteiger partial charge is 0.387 e. The molecule has 0 spiro atoms. The lowest BCUT2D eigenvalue weighted by molar-refractivity contribution is 0.100. The van der Waals surface area contributed by atoms with Crippen molar-refractivity contribution in [2.45, 2.75) is 19.1 Å². The molecule has 3 aromatic carbocycles. The molecular formula is C25H25Cl3N2O. The van der Waals surface area contributed by atoms with Gasteiger partial charge in [0, 0.05) is 36.2 Å². The Labute approximate surface area is 198 Å². The number of piperazine rings is 1. The first-order valence-electron chi connectivity index (χ1n) is 10.3. The van der Waals surface area contributed by atoms with E-state index in [1.165, 1.54) is 5.56 Å². The monoisotopic (exact) mass is 474 g/mol. The van der Waals surface area contributed by atoms with Crippen LogP contribution in [0.5, 0.6) is 0 Å². The minimum absolute atomic E-state index is 0.101. The fourth-order valence-corrected chi connectivity index (χ4v) is 4.74. The van der Waals surface area contributed by atoms with Crippen LogP contribution in [0, 0.1) is 6.92 Å². The van der Waals surface area contributed by atoms with Gasteiger partial charge in [-0.2, -0.15) is 0 Å². The molecule has 1 heterocycles. The molecule has 1 saturated heterocycles. The highest BCUT2D eigenvalue weighted by atomic mass is 35.5. The van der Waals surface area contributed by atoms with E-state index < -0.39 is 6.10 Å². The number of aryl methyl sites for hydroxylation is 1. The van der Waals surface area contributed by atoms with Gasteiger partial charge in [-0.1, -0.05) is 65.1 Å². The zero-order valence-corrected chi connectivity index (χ0v) is 19.6. The Kier molecular flexibility index (Phi) is 7.10. The summed E-state index contributed by atoms with van der Waals surface area (Å²) in [6.45, 7) is 5.02. The van der Waals surface area contributed by atoms with Crippen molar-refractivity contribution < 1.29 is 5.11 Å². The minimum Gasteiger partial charge on any atom is -0.387 e. The number of anilines is 1. The molecule has 1 aliphatic rings.